The average molecular weight is 453 g/mol. The second kappa shape index (κ2) is 9.18. The molecule has 2 aromatic carbocycles. The molecule has 4 rings (SSSR count). The highest BCUT2D eigenvalue weighted by Crippen LogP contribution is 2.52. The van der Waals surface area contributed by atoms with E-state index in [9.17, 15) is 0 Å². The van der Waals surface area contributed by atoms with Crippen LogP contribution < -0.4 is 0 Å². The first-order chi connectivity index (χ1) is 15.9. The fourth-order valence-electron chi connectivity index (χ4n) is 6.13. The molecule has 0 N–H and O–H groups in total. The minimum atomic E-state index is 0.361. The molecule has 0 bridgehead atoms. The summed E-state index contributed by atoms with van der Waals surface area (Å²) in [5, 5.41) is 0. The molecule has 0 fully saturated rings. The monoisotopic (exact) mass is 452 g/mol. The molecule has 0 saturated heterocycles. The first kappa shape index (κ1) is 25.0. The minimum absolute atomic E-state index is 0.361. The fourth-order valence-corrected chi connectivity index (χ4v) is 6.13. The van der Waals surface area contributed by atoms with Crippen LogP contribution in [0.4, 0.5) is 0 Å². The molecule has 0 atom stereocenters. The van der Waals surface area contributed by atoms with Crippen LogP contribution in [0.2, 0.25) is 0 Å². The molecule has 0 heteroatoms. The van der Waals surface area contributed by atoms with E-state index < -0.39 is 0 Å². The zero-order valence-electron chi connectivity index (χ0n) is 23.4. The highest BCUT2D eigenvalue weighted by molar-refractivity contribution is 5.95. The predicted molar refractivity (Wildman–Crippen MR) is 150 cm³/mol. The Hall–Kier alpha value is -2.08. The third kappa shape index (κ3) is 4.12. The van der Waals surface area contributed by atoms with Gasteiger partial charge in [0.2, 0.25) is 0 Å². The number of fused-ring (bicyclic) bond motifs is 2. The highest BCUT2D eigenvalue weighted by Gasteiger charge is 2.34. The van der Waals surface area contributed by atoms with Crippen molar-refractivity contribution in [3.05, 3.63) is 92.8 Å². The summed E-state index contributed by atoms with van der Waals surface area (Å²) in [4.78, 5) is 0. The second-order valence-corrected chi connectivity index (χ2v) is 12.0. The fraction of sp³-hybridized carbons (Fsp3) is 0.471. The largest absolute Gasteiger partial charge is 0.0604 e. The Morgan fingerprint density at radius 2 is 0.824 bits per heavy atom. The highest BCUT2D eigenvalue weighted by atomic mass is 14.4. The van der Waals surface area contributed by atoms with Gasteiger partial charge in [-0.2, -0.15) is 0 Å². The minimum Gasteiger partial charge on any atom is -0.0604 e. The van der Waals surface area contributed by atoms with Gasteiger partial charge < -0.3 is 0 Å². The van der Waals surface area contributed by atoms with Gasteiger partial charge in [-0.3, -0.25) is 0 Å². The first-order valence-electron chi connectivity index (χ1n) is 13.4. The Morgan fingerprint density at radius 3 is 1.12 bits per heavy atom. The van der Waals surface area contributed by atoms with Crippen molar-refractivity contribution in [2.75, 3.05) is 0 Å². The number of benzene rings is 2. The topological polar surface area (TPSA) is 0 Å². The number of hydrogen-bond acceptors (Lipinski definition) is 0. The van der Waals surface area contributed by atoms with E-state index in [0.717, 1.165) is 0 Å². The Morgan fingerprint density at radius 1 is 0.471 bits per heavy atom. The summed E-state index contributed by atoms with van der Waals surface area (Å²) in [6.07, 6.45) is 4.89. The molecular formula is C34H44. The van der Waals surface area contributed by atoms with Crippen LogP contribution in [0.25, 0.3) is 11.1 Å². The number of hydrogen-bond donors (Lipinski definition) is 0. The van der Waals surface area contributed by atoms with E-state index >= 15 is 0 Å². The van der Waals surface area contributed by atoms with Gasteiger partial charge in [0.1, 0.15) is 0 Å². The van der Waals surface area contributed by atoms with Crippen molar-refractivity contribution in [2.45, 2.75) is 99.8 Å². The van der Waals surface area contributed by atoms with E-state index in [1.807, 2.05) is 0 Å². The van der Waals surface area contributed by atoms with Gasteiger partial charge in [0.05, 0.1) is 0 Å². The van der Waals surface area contributed by atoms with Crippen molar-refractivity contribution in [2.24, 2.45) is 5.92 Å². The molecule has 0 nitrogen and oxygen atoms in total. The van der Waals surface area contributed by atoms with Crippen LogP contribution in [-0.2, 0) is 0 Å². The van der Waals surface area contributed by atoms with Crippen molar-refractivity contribution in [3.63, 3.8) is 0 Å². The maximum atomic E-state index is 2.48. The lowest BCUT2D eigenvalue weighted by atomic mass is 9.78. The zero-order chi connectivity index (χ0) is 25.1. The van der Waals surface area contributed by atoms with Crippen LogP contribution in [0.1, 0.15) is 144 Å². The van der Waals surface area contributed by atoms with Gasteiger partial charge in [0.25, 0.3) is 0 Å². The third-order valence-corrected chi connectivity index (χ3v) is 8.02. The van der Waals surface area contributed by atoms with Gasteiger partial charge in [0.15, 0.2) is 0 Å². The van der Waals surface area contributed by atoms with Crippen LogP contribution in [0.3, 0.4) is 0 Å². The molecule has 180 valence electrons. The number of rotatable bonds is 6. The van der Waals surface area contributed by atoms with Crippen molar-refractivity contribution >= 4 is 11.1 Å². The second-order valence-electron chi connectivity index (χ2n) is 12.0. The van der Waals surface area contributed by atoms with Crippen LogP contribution in [0, 0.1) is 18.8 Å². The summed E-state index contributed by atoms with van der Waals surface area (Å²) >= 11 is 0. The molecule has 2 aliphatic carbocycles. The first-order valence-corrected chi connectivity index (χ1v) is 13.4. The van der Waals surface area contributed by atoms with Crippen LogP contribution in [-0.4, -0.2) is 0 Å². The Bertz CT molecular complexity index is 1080. The molecular weight excluding hydrogens is 408 g/mol. The van der Waals surface area contributed by atoms with Crippen molar-refractivity contribution in [3.8, 4) is 0 Å². The summed E-state index contributed by atoms with van der Waals surface area (Å²) in [6, 6.07) is 9.86. The molecule has 0 amide bonds. The zero-order valence-corrected chi connectivity index (χ0v) is 23.4. The molecule has 0 saturated carbocycles. The van der Waals surface area contributed by atoms with E-state index in [0.29, 0.717) is 29.6 Å². The normalized spacial score (nSPS) is 15.8. The molecule has 0 aliphatic heterocycles. The van der Waals surface area contributed by atoms with Crippen LogP contribution in [0.15, 0.2) is 35.4 Å². The van der Waals surface area contributed by atoms with Crippen LogP contribution in [0.5, 0.6) is 0 Å². The molecule has 0 heterocycles. The summed E-state index contributed by atoms with van der Waals surface area (Å²) in [6.45, 7) is 25.7. The molecule has 0 spiro atoms. The lowest BCUT2D eigenvalue weighted by Crippen LogP contribution is -2.09. The van der Waals surface area contributed by atoms with Crippen molar-refractivity contribution in [1.29, 1.82) is 0 Å². The maximum absolute atomic E-state index is 2.48. The summed E-state index contributed by atoms with van der Waals surface area (Å²) in [5.74, 6) is 2.46. The Kier molecular flexibility index (Phi) is 6.75. The maximum Gasteiger partial charge on any atom is 0.0164 e. The van der Waals surface area contributed by atoms with E-state index in [1.54, 1.807) is 0 Å². The standard InChI is InChI=1S/C34H44/c1-18(2)25-14-27-12-22(9)31(33(27)29(16-25)20(5)6)24(11)32-23(10)13-28-15-26(19(3)4)17-30(21(7)8)34(28)32/h12-21,24H,1-11H3. The van der Waals surface area contributed by atoms with Crippen molar-refractivity contribution < 1.29 is 0 Å². The van der Waals surface area contributed by atoms with Crippen LogP contribution >= 0.6 is 0 Å². The van der Waals surface area contributed by atoms with Gasteiger partial charge >= 0.3 is 0 Å². The van der Waals surface area contributed by atoms with E-state index in [1.165, 1.54) is 66.8 Å². The van der Waals surface area contributed by atoms with Gasteiger partial charge in [-0.15, -0.1) is 0 Å². The Balaban J connectivity index is 1.88. The van der Waals surface area contributed by atoms with E-state index in [4.69, 9.17) is 0 Å². The molecule has 2 aromatic rings. The van der Waals surface area contributed by atoms with E-state index in [2.05, 4.69) is 113 Å². The smallest absolute Gasteiger partial charge is 0.0164 e. The van der Waals surface area contributed by atoms with Gasteiger partial charge in [-0.05, 0) is 93.2 Å². The van der Waals surface area contributed by atoms with E-state index in [-0.39, 0.29) is 0 Å². The average Bonchev–Trinajstić information content (AvgIpc) is 3.26. The van der Waals surface area contributed by atoms with Gasteiger partial charge in [-0.25, -0.2) is 0 Å². The summed E-state index contributed by atoms with van der Waals surface area (Å²) in [5.41, 5.74) is 17.7. The lowest BCUT2D eigenvalue weighted by Gasteiger charge is -2.26. The number of allylic oxidation sites excluding steroid dienone is 4. The predicted octanol–water partition coefficient (Wildman–Crippen LogP) is 10.2. The SMILES string of the molecule is CC1=C(C(C)C2=C(C)[CH]c3cc(C(C)C)cc(C(C)C)c32)c2c(cc(C(C)C)cc2C(C)C)[CH]1. The van der Waals surface area contributed by atoms with Gasteiger partial charge in [-0.1, -0.05) is 97.7 Å². The quantitative estimate of drug-likeness (QED) is 0.409. The molecule has 0 aromatic heterocycles. The van der Waals surface area contributed by atoms with Gasteiger partial charge in [0, 0.05) is 18.8 Å². The molecule has 34 heavy (non-hydrogen) atoms. The molecule has 2 aliphatic rings. The molecule has 0 unspecified atom stereocenters. The van der Waals surface area contributed by atoms with Crippen molar-refractivity contribution in [1.82, 2.24) is 0 Å². The molecule has 2 radical (unpaired) electrons. The summed E-state index contributed by atoms with van der Waals surface area (Å²) < 4.78 is 0. The lowest BCUT2D eigenvalue weighted by molar-refractivity contribution is 0.823. The Labute approximate surface area is 209 Å². The third-order valence-electron chi connectivity index (χ3n) is 8.02. The summed E-state index contributed by atoms with van der Waals surface area (Å²) in [7, 11) is 0.